The topological polar surface area (TPSA) is 49.5 Å². The molecule has 1 atom stereocenters. The third-order valence-electron chi connectivity index (χ3n) is 3.47. The summed E-state index contributed by atoms with van der Waals surface area (Å²) in [5.41, 5.74) is 3.04. The van der Waals surface area contributed by atoms with Gasteiger partial charge in [-0.25, -0.2) is 0 Å². The highest BCUT2D eigenvalue weighted by atomic mass is 16.6. The number of amidine groups is 1. The predicted octanol–water partition coefficient (Wildman–Crippen LogP) is 4.31. The zero-order chi connectivity index (χ0) is 15.4. The Morgan fingerprint density at radius 3 is 2.41 bits per heavy atom. The fraction of sp³-hybridized carbons (Fsp3) is 0.235. The minimum Gasteiger partial charge on any atom is -0.386 e. The summed E-state index contributed by atoms with van der Waals surface area (Å²) in [4.78, 5) is 7.46. The van der Waals surface area contributed by atoms with Crippen LogP contribution in [-0.2, 0) is 4.84 Å². The maximum atomic E-state index is 5.42. The third kappa shape index (κ3) is 3.31. The van der Waals surface area contributed by atoms with Crippen molar-refractivity contribution in [3.63, 3.8) is 0 Å². The van der Waals surface area contributed by atoms with E-state index < -0.39 is 0 Å². The molecular formula is C17H18N4O. The maximum absolute atomic E-state index is 5.42. The van der Waals surface area contributed by atoms with Crippen molar-refractivity contribution < 1.29 is 4.84 Å². The van der Waals surface area contributed by atoms with E-state index in [0.29, 0.717) is 12.3 Å². The number of anilines is 1. The zero-order valence-electron chi connectivity index (χ0n) is 12.7. The monoisotopic (exact) mass is 294 g/mol. The first-order chi connectivity index (χ1) is 10.7. The van der Waals surface area contributed by atoms with Crippen LogP contribution in [0.2, 0.25) is 0 Å². The van der Waals surface area contributed by atoms with Gasteiger partial charge in [-0.05, 0) is 29.8 Å². The summed E-state index contributed by atoms with van der Waals surface area (Å²) in [5.74, 6) is 0.616. The number of rotatable bonds is 3. The Morgan fingerprint density at radius 1 is 1.00 bits per heavy atom. The van der Waals surface area contributed by atoms with Crippen molar-refractivity contribution in [2.45, 2.75) is 12.5 Å². The molecule has 1 heterocycles. The van der Waals surface area contributed by atoms with Gasteiger partial charge < -0.3 is 9.74 Å². The molecule has 0 saturated heterocycles. The van der Waals surface area contributed by atoms with Crippen LogP contribution in [0.25, 0.3) is 0 Å². The highest BCUT2D eigenvalue weighted by molar-refractivity contribution is 5.84. The molecule has 1 unspecified atom stereocenters. The van der Waals surface area contributed by atoms with E-state index in [-0.39, 0.29) is 6.10 Å². The highest BCUT2D eigenvalue weighted by Gasteiger charge is 2.22. The van der Waals surface area contributed by atoms with Gasteiger partial charge in [0.1, 0.15) is 0 Å². The minimum absolute atomic E-state index is 0.0636. The summed E-state index contributed by atoms with van der Waals surface area (Å²) >= 11 is 0. The van der Waals surface area contributed by atoms with Gasteiger partial charge in [0, 0.05) is 19.8 Å². The number of azo groups is 1. The molecule has 0 fully saturated rings. The summed E-state index contributed by atoms with van der Waals surface area (Å²) in [7, 11) is 4.01. The third-order valence-corrected chi connectivity index (χ3v) is 3.47. The fourth-order valence-electron chi connectivity index (χ4n) is 2.20. The van der Waals surface area contributed by atoms with Gasteiger partial charge in [0.05, 0.1) is 12.1 Å². The second-order valence-electron chi connectivity index (χ2n) is 5.33. The van der Waals surface area contributed by atoms with E-state index in [1.165, 1.54) is 0 Å². The maximum Gasteiger partial charge on any atom is 0.194 e. The van der Waals surface area contributed by atoms with Crippen molar-refractivity contribution in [1.29, 1.82) is 0 Å². The Labute approximate surface area is 129 Å². The van der Waals surface area contributed by atoms with Gasteiger partial charge in [-0.15, -0.1) is 10.2 Å². The molecule has 0 saturated carbocycles. The lowest BCUT2D eigenvalue weighted by Gasteiger charge is -2.11. The standard InChI is InChI=1S/C17H18N4O/c1-21(2)15-10-8-14(9-11-15)18-19-17-12-16(22-20-17)13-6-4-3-5-7-13/h3-11,16H,12H2,1-2H3. The van der Waals surface area contributed by atoms with Gasteiger partial charge in [0.2, 0.25) is 0 Å². The van der Waals surface area contributed by atoms with Crippen LogP contribution in [0.1, 0.15) is 18.1 Å². The summed E-state index contributed by atoms with van der Waals surface area (Å²) in [5, 5.41) is 12.4. The molecule has 0 aromatic heterocycles. The molecule has 112 valence electrons. The van der Waals surface area contributed by atoms with Crippen LogP contribution in [0, 0.1) is 0 Å². The Bertz CT molecular complexity index is 678. The SMILES string of the molecule is CN(C)c1ccc(N=NC2=NOC(c3ccccc3)C2)cc1. The molecule has 0 spiro atoms. The van der Waals surface area contributed by atoms with Crippen LogP contribution in [0.5, 0.6) is 0 Å². The number of oxime groups is 1. The molecule has 0 amide bonds. The van der Waals surface area contributed by atoms with Crippen LogP contribution in [0.4, 0.5) is 11.4 Å². The Hall–Kier alpha value is -2.69. The quantitative estimate of drug-likeness (QED) is 0.792. The van der Waals surface area contributed by atoms with E-state index in [4.69, 9.17) is 4.84 Å². The van der Waals surface area contributed by atoms with Gasteiger partial charge in [-0.1, -0.05) is 35.5 Å². The van der Waals surface area contributed by atoms with Gasteiger partial charge in [0.15, 0.2) is 11.9 Å². The lowest BCUT2D eigenvalue weighted by Crippen LogP contribution is -2.07. The van der Waals surface area contributed by atoms with E-state index in [1.54, 1.807) is 0 Å². The smallest absolute Gasteiger partial charge is 0.194 e. The molecule has 2 aromatic rings. The normalized spacial score (nSPS) is 17.4. The second kappa shape index (κ2) is 6.39. The lowest BCUT2D eigenvalue weighted by atomic mass is 10.1. The molecule has 0 radical (unpaired) electrons. The van der Waals surface area contributed by atoms with Gasteiger partial charge in [0.25, 0.3) is 0 Å². The minimum atomic E-state index is -0.0636. The zero-order valence-corrected chi connectivity index (χ0v) is 12.7. The van der Waals surface area contributed by atoms with Gasteiger partial charge in [-0.2, -0.15) is 0 Å². The van der Waals surface area contributed by atoms with Crippen LogP contribution in [0.15, 0.2) is 70.0 Å². The van der Waals surface area contributed by atoms with Crippen LogP contribution < -0.4 is 4.90 Å². The van der Waals surface area contributed by atoms with Crippen LogP contribution in [0.3, 0.4) is 0 Å². The molecule has 22 heavy (non-hydrogen) atoms. The lowest BCUT2D eigenvalue weighted by molar-refractivity contribution is 0.0857. The molecule has 0 N–H and O–H groups in total. The summed E-state index contributed by atoms with van der Waals surface area (Å²) in [6.45, 7) is 0. The van der Waals surface area contributed by atoms with E-state index in [9.17, 15) is 0 Å². The van der Waals surface area contributed by atoms with Crippen molar-refractivity contribution in [2.24, 2.45) is 15.4 Å². The van der Waals surface area contributed by atoms with E-state index >= 15 is 0 Å². The molecule has 2 aromatic carbocycles. The highest BCUT2D eigenvalue weighted by Crippen LogP contribution is 2.28. The summed E-state index contributed by atoms with van der Waals surface area (Å²) < 4.78 is 0. The number of hydrogen-bond acceptors (Lipinski definition) is 5. The molecule has 0 aliphatic carbocycles. The average molecular weight is 294 g/mol. The summed E-state index contributed by atoms with van der Waals surface area (Å²) in [6, 6.07) is 17.9. The molecule has 3 rings (SSSR count). The molecular weight excluding hydrogens is 276 g/mol. The summed E-state index contributed by atoms with van der Waals surface area (Å²) in [6.07, 6.45) is 0.579. The second-order valence-corrected chi connectivity index (χ2v) is 5.33. The van der Waals surface area contributed by atoms with Gasteiger partial charge >= 0.3 is 0 Å². The van der Waals surface area contributed by atoms with E-state index in [1.807, 2.05) is 73.6 Å². The van der Waals surface area contributed by atoms with Crippen molar-refractivity contribution in [2.75, 3.05) is 19.0 Å². The Morgan fingerprint density at radius 2 is 1.73 bits per heavy atom. The molecule has 5 heteroatoms. The van der Waals surface area contributed by atoms with Crippen molar-refractivity contribution >= 4 is 17.2 Å². The largest absolute Gasteiger partial charge is 0.386 e. The van der Waals surface area contributed by atoms with Crippen LogP contribution in [-0.4, -0.2) is 19.9 Å². The first-order valence-electron chi connectivity index (χ1n) is 7.19. The van der Waals surface area contributed by atoms with Crippen LogP contribution >= 0.6 is 0 Å². The Kier molecular flexibility index (Phi) is 4.14. The van der Waals surface area contributed by atoms with Crippen molar-refractivity contribution in [3.8, 4) is 0 Å². The first-order valence-corrected chi connectivity index (χ1v) is 7.19. The molecule has 0 bridgehead atoms. The van der Waals surface area contributed by atoms with Gasteiger partial charge in [-0.3, -0.25) is 0 Å². The fourth-order valence-corrected chi connectivity index (χ4v) is 2.20. The predicted molar refractivity (Wildman–Crippen MR) is 87.6 cm³/mol. The Balaban J connectivity index is 1.62. The first kappa shape index (κ1) is 14.3. The number of hydrogen-bond donors (Lipinski definition) is 0. The van der Waals surface area contributed by atoms with Crippen molar-refractivity contribution in [3.05, 3.63) is 60.2 Å². The number of nitrogens with zero attached hydrogens (tertiary/aromatic N) is 4. The molecule has 5 nitrogen and oxygen atoms in total. The average Bonchev–Trinajstić information content (AvgIpc) is 3.03. The number of benzene rings is 2. The van der Waals surface area contributed by atoms with Crippen molar-refractivity contribution in [1.82, 2.24) is 0 Å². The van der Waals surface area contributed by atoms with E-state index in [0.717, 1.165) is 16.9 Å². The molecule has 1 aliphatic rings. The molecule has 1 aliphatic heterocycles. The van der Waals surface area contributed by atoms with E-state index in [2.05, 4.69) is 15.4 Å².